The lowest BCUT2D eigenvalue weighted by Crippen LogP contribution is -2.40. The largest absolute Gasteiger partial charge is 0.379 e. The number of halogens is 2. The quantitative estimate of drug-likeness (QED) is 0.828. The first-order valence-electron chi connectivity index (χ1n) is 5.05. The summed E-state index contributed by atoms with van der Waals surface area (Å²) in [6, 6.07) is 4.76. The Balaban J connectivity index is 2.37. The first-order chi connectivity index (χ1) is 8.01. The fourth-order valence-corrected chi connectivity index (χ4v) is 4.03. The van der Waals surface area contributed by atoms with E-state index in [1.807, 2.05) is 0 Å². The highest BCUT2D eigenvalue weighted by molar-refractivity contribution is 9.10. The minimum Gasteiger partial charge on any atom is -0.379 e. The molecule has 0 saturated carbocycles. The first-order valence-corrected chi connectivity index (χ1v) is 7.66. The zero-order valence-corrected chi connectivity index (χ0v) is 12.1. The maximum Gasteiger partial charge on any atom is 0.244 e. The molecule has 1 aromatic carbocycles. The van der Waals surface area contributed by atoms with Gasteiger partial charge in [-0.05, 0) is 18.2 Å². The fraction of sp³-hybridized carbons (Fsp3) is 0.400. The highest BCUT2D eigenvalue weighted by Crippen LogP contribution is 2.27. The summed E-state index contributed by atoms with van der Waals surface area (Å²) in [5, 5.41) is 0.228. The number of nitrogens with zero attached hydrogens (tertiary/aromatic N) is 1. The molecule has 4 nitrogen and oxygen atoms in total. The van der Waals surface area contributed by atoms with Crippen LogP contribution in [0.4, 0.5) is 0 Å². The molecule has 1 aliphatic rings. The van der Waals surface area contributed by atoms with Gasteiger partial charge in [0.25, 0.3) is 0 Å². The Kier molecular flexibility index (Phi) is 4.10. The van der Waals surface area contributed by atoms with Crippen LogP contribution in [0.3, 0.4) is 0 Å². The van der Waals surface area contributed by atoms with E-state index in [0.29, 0.717) is 26.3 Å². The van der Waals surface area contributed by atoms with Crippen LogP contribution in [0.2, 0.25) is 5.02 Å². The van der Waals surface area contributed by atoms with Crippen LogP contribution >= 0.6 is 27.5 Å². The zero-order valence-electron chi connectivity index (χ0n) is 8.90. The van der Waals surface area contributed by atoms with E-state index in [4.69, 9.17) is 16.3 Å². The number of ether oxygens (including phenoxy) is 1. The highest BCUT2D eigenvalue weighted by atomic mass is 79.9. The van der Waals surface area contributed by atoms with E-state index in [9.17, 15) is 8.42 Å². The van der Waals surface area contributed by atoms with E-state index in [-0.39, 0.29) is 9.92 Å². The second-order valence-electron chi connectivity index (χ2n) is 3.59. The van der Waals surface area contributed by atoms with Gasteiger partial charge in [-0.15, -0.1) is 0 Å². The molecule has 0 aromatic heterocycles. The Hall–Kier alpha value is -0.140. The van der Waals surface area contributed by atoms with E-state index < -0.39 is 10.0 Å². The molecule has 0 bridgehead atoms. The van der Waals surface area contributed by atoms with Crippen LogP contribution in [0.5, 0.6) is 0 Å². The number of morpholine rings is 1. The molecule has 0 spiro atoms. The minimum atomic E-state index is -3.51. The molecule has 1 fully saturated rings. The summed E-state index contributed by atoms with van der Waals surface area (Å²) in [7, 11) is -3.51. The van der Waals surface area contributed by atoms with Crippen molar-refractivity contribution < 1.29 is 13.2 Å². The number of rotatable bonds is 2. The maximum atomic E-state index is 12.3. The summed E-state index contributed by atoms with van der Waals surface area (Å²) in [5.74, 6) is 0. The number of benzene rings is 1. The minimum absolute atomic E-state index is 0.143. The Morgan fingerprint density at radius 1 is 1.29 bits per heavy atom. The van der Waals surface area contributed by atoms with Gasteiger partial charge in [0.2, 0.25) is 10.0 Å². The standard InChI is InChI=1S/C10H11BrClNO3S/c11-8-1-2-10(9(12)7-8)17(14,15)13-3-5-16-6-4-13/h1-2,7H,3-6H2. The number of sulfonamides is 1. The van der Waals surface area contributed by atoms with Gasteiger partial charge in [0.15, 0.2) is 0 Å². The monoisotopic (exact) mass is 339 g/mol. The van der Waals surface area contributed by atoms with Crippen LogP contribution in [-0.4, -0.2) is 39.0 Å². The molecular weight excluding hydrogens is 330 g/mol. The fourth-order valence-electron chi connectivity index (χ4n) is 1.61. The van der Waals surface area contributed by atoms with Gasteiger partial charge < -0.3 is 4.74 Å². The Bertz CT molecular complexity index is 514. The van der Waals surface area contributed by atoms with Crippen LogP contribution in [0, 0.1) is 0 Å². The van der Waals surface area contributed by atoms with Gasteiger partial charge >= 0.3 is 0 Å². The second-order valence-corrected chi connectivity index (χ2v) is 6.82. The molecule has 0 radical (unpaired) electrons. The maximum absolute atomic E-state index is 12.3. The molecule has 2 rings (SSSR count). The molecule has 0 aliphatic carbocycles. The van der Waals surface area contributed by atoms with Crippen LogP contribution in [0.1, 0.15) is 0 Å². The molecule has 0 N–H and O–H groups in total. The Labute approximate surface area is 114 Å². The van der Waals surface area contributed by atoms with Crippen molar-refractivity contribution in [2.24, 2.45) is 0 Å². The molecule has 17 heavy (non-hydrogen) atoms. The van der Waals surface area contributed by atoms with Crippen molar-refractivity contribution in [3.63, 3.8) is 0 Å². The molecular formula is C10H11BrClNO3S. The molecule has 1 aromatic rings. The third-order valence-electron chi connectivity index (χ3n) is 2.48. The average molecular weight is 341 g/mol. The summed E-state index contributed by atoms with van der Waals surface area (Å²) in [5.41, 5.74) is 0. The van der Waals surface area contributed by atoms with Gasteiger partial charge in [-0.2, -0.15) is 4.31 Å². The molecule has 1 heterocycles. The zero-order chi connectivity index (χ0) is 12.5. The van der Waals surface area contributed by atoms with Crippen LogP contribution in [0.15, 0.2) is 27.6 Å². The number of hydrogen-bond acceptors (Lipinski definition) is 3. The molecule has 94 valence electrons. The van der Waals surface area contributed by atoms with E-state index in [0.717, 1.165) is 4.47 Å². The van der Waals surface area contributed by atoms with E-state index in [1.165, 1.54) is 10.4 Å². The van der Waals surface area contributed by atoms with Crippen molar-refractivity contribution in [3.05, 3.63) is 27.7 Å². The van der Waals surface area contributed by atoms with Crippen molar-refractivity contribution in [3.8, 4) is 0 Å². The average Bonchev–Trinajstić information content (AvgIpc) is 2.29. The van der Waals surface area contributed by atoms with Gasteiger partial charge in [-0.3, -0.25) is 0 Å². The van der Waals surface area contributed by atoms with Gasteiger partial charge in [0.05, 0.1) is 18.2 Å². The normalized spacial score (nSPS) is 18.2. The molecule has 0 amide bonds. The van der Waals surface area contributed by atoms with E-state index in [2.05, 4.69) is 15.9 Å². The van der Waals surface area contributed by atoms with Gasteiger partial charge in [0, 0.05) is 17.6 Å². The van der Waals surface area contributed by atoms with Crippen LogP contribution in [0.25, 0.3) is 0 Å². The SMILES string of the molecule is O=S(=O)(c1ccc(Br)cc1Cl)N1CCOCC1. The first kappa shape index (κ1) is 13.3. The molecule has 7 heteroatoms. The van der Waals surface area contributed by atoms with Gasteiger partial charge in [-0.1, -0.05) is 27.5 Å². The number of hydrogen-bond donors (Lipinski definition) is 0. The van der Waals surface area contributed by atoms with Gasteiger partial charge in [0.1, 0.15) is 4.90 Å². The Morgan fingerprint density at radius 3 is 2.53 bits per heavy atom. The van der Waals surface area contributed by atoms with Crippen molar-refractivity contribution in [2.45, 2.75) is 4.90 Å². The van der Waals surface area contributed by atoms with Crippen molar-refractivity contribution >= 4 is 37.6 Å². The highest BCUT2D eigenvalue weighted by Gasteiger charge is 2.28. The third-order valence-corrected chi connectivity index (χ3v) is 5.36. The van der Waals surface area contributed by atoms with Crippen LogP contribution in [-0.2, 0) is 14.8 Å². The summed E-state index contributed by atoms with van der Waals surface area (Å²) in [6.07, 6.45) is 0. The summed E-state index contributed by atoms with van der Waals surface area (Å²) < 4.78 is 31.9. The van der Waals surface area contributed by atoms with Crippen molar-refractivity contribution in [1.82, 2.24) is 4.31 Å². The third kappa shape index (κ3) is 2.82. The molecule has 0 unspecified atom stereocenters. The van der Waals surface area contributed by atoms with Crippen molar-refractivity contribution in [2.75, 3.05) is 26.3 Å². The van der Waals surface area contributed by atoms with E-state index >= 15 is 0 Å². The lowest BCUT2D eigenvalue weighted by atomic mass is 10.4. The van der Waals surface area contributed by atoms with Gasteiger partial charge in [-0.25, -0.2) is 8.42 Å². The molecule has 1 saturated heterocycles. The smallest absolute Gasteiger partial charge is 0.244 e. The predicted molar refractivity (Wildman–Crippen MR) is 68.7 cm³/mol. The summed E-state index contributed by atoms with van der Waals surface area (Å²) in [6.45, 7) is 1.59. The second kappa shape index (κ2) is 5.24. The molecule has 0 atom stereocenters. The van der Waals surface area contributed by atoms with Crippen LogP contribution < -0.4 is 0 Å². The summed E-state index contributed by atoms with van der Waals surface area (Å²) in [4.78, 5) is 0.143. The lowest BCUT2D eigenvalue weighted by molar-refractivity contribution is 0.0730. The van der Waals surface area contributed by atoms with Crippen molar-refractivity contribution in [1.29, 1.82) is 0 Å². The predicted octanol–water partition coefficient (Wildman–Crippen LogP) is 2.12. The topological polar surface area (TPSA) is 46.6 Å². The molecule has 1 aliphatic heterocycles. The Morgan fingerprint density at radius 2 is 1.94 bits per heavy atom. The van der Waals surface area contributed by atoms with E-state index in [1.54, 1.807) is 12.1 Å². The summed E-state index contributed by atoms with van der Waals surface area (Å²) >= 11 is 9.21. The lowest BCUT2D eigenvalue weighted by Gasteiger charge is -2.26.